The van der Waals surface area contributed by atoms with Crippen molar-refractivity contribution in [2.24, 2.45) is 5.73 Å². The van der Waals surface area contributed by atoms with E-state index >= 15 is 0 Å². The Morgan fingerprint density at radius 3 is 2.50 bits per heavy atom. The summed E-state index contributed by atoms with van der Waals surface area (Å²) in [6, 6.07) is 7.27. The number of rotatable bonds is 4. The number of hydrogen-bond acceptors (Lipinski definition) is 4. The van der Waals surface area contributed by atoms with E-state index in [4.69, 9.17) is 5.73 Å². The number of carbonyl (C=O) groups is 1. The highest BCUT2D eigenvalue weighted by Gasteiger charge is 2.51. The number of amides is 1. The molecular formula is C16H22N2O3S. The quantitative estimate of drug-likeness (QED) is 0.868. The van der Waals surface area contributed by atoms with Gasteiger partial charge in [-0.2, -0.15) is 0 Å². The van der Waals surface area contributed by atoms with Crippen LogP contribution in [0.1, 0.15) is 43.9 Å². The molecule has 2 atom stereocenters. The molecule has 2 aliphatic carbocycles. The van der Waals surface area contributed by atoms with Crippen molar-refractivity contribution in [2.45, 2.75) is 55.2 Å². The van der Waals surface area contributed by atoms with Crippen molar-refractivity contribution in [3.05, 3.63) is 35.4 Å². The van der Waals surface area contributed by atoms with E-state index in [1.165, 1.54) is 13.8 Å². The number of fused-ring (bicyclic) bond motifs is 1. The topological polar surface area (TPSA) is 89.3 Å². The van der Waals surface area contributed by atoms with Crippen LogP contribution in [-0.2, 0) is 21.1 Å². The zero-order chi connectivity index (χ0) is 16.1. The molecule has 5 nitrogen and oxygen atoms in total. The fourth-order valence-corrected chi connectivity index (χ4v) is 4.94. The minimum absolute atomic E-state index is 0.251. The monoisotopic (exact) mass is 322 g/mol. The molecule has 0 aliphatic heterocycles. The minimum atomic E-state index is -3.44. The van der Waals surface area contributed by atoms with Crippen molar-refractivity contribution in [1.29, 1.82) is 0 Å². The SMILES string of the molecule is CC(C)(C(=O)N[C@@H]1Cc2ccccc2[C@H]1N)S(=O)(=O)C1CC1. The molecule has 0 unspecified atom stereocenters. The van der Waals surface area contributed by atoms with Gasteiger partial charge in [-0.05, 0) is 44.2 Å². The van der Waals surface area contributed by atoms with Crippen molar-refractivity contribution in [2.75, 3.05) is 0 Å². The molecule has 0 heterocycles. The van der Waals surface area contributed by atoms with Crippen molar-refractivity contribution in [3.63, 3.8) is 0 Å². The maximum Gasteiger partial charge on any atom is 0.241 e. The molecule has 6 heteroatoms. The summed E-state index contributed by atoms with van der Waals surface area (Å²) in [6.07, 6.45) is 1.96. The Kier molecular flexibility index (Phi) is 3.57. The Balaban J connectivity index is 1.76. The number of sulfone groups is 1. The average Bonchev–Trinajstić information content (AvgIpc) is 3.27. The van der Waals surface area contributed by atoms with Crippen LogP contribution in [0, 0.1) is 0 Å². The van der Waals surface area contributed by atoms with Gasteiger partial charge >= 0.3 is 0 Å². The number of nitrogens with one attached hydrogen (secondary N) is 1. The largest absolute Gasteiger partial charge is 0.350 e. The smallest absolute Gasteiger partial charge is 0.241 e. The van der Waals surface area contributed by atoms with E-state index in [9.17, 15) is 13.2 Å². The number of hydrogen-bond donors (Lipinski definition) is 2. The Bertz CT molecular complexity index is 708. The molecule has 1 saturated carbocycles. The van der Waals surface area contributed by atoms with Gasteiger partial charge < -0.3 is 11.1 Å². The summed E-state index contributed by atoms with van der Waals surface area (Å²) in [5.74, 6) is -0.451. The van der Waals surface area contributed by atoms with Crippen LogP contribution in [0.4, 0.5) is 0 Å². The second-order valence-corrected chi connectivity index (χ2v) is 9.54. The first-order valence-electron chi connectivity index (χ1n) is 7.63. The summed E-state index contributed by atoms with van der Waals surface area (Å²) < 4.78 is 23.5. The molecule has 2 aliphatic rings. The van der Waals surface area contributed by atoms with Crippen LogP contribution in [0.15, 0.2) is 24.3 Å². The van der Waals surface area contributed by atoms with Crippen LogP contribution in [-0.4, -0.2) is 30.4 Å². The molecule has 1 fully saturated rings. The van der Waals surface area contributed by atoms with E-state index in [1.807, 2.05) is 24.3 Å². The molecule has 1 aromatic carbocycles. The molecule has 1 amide bonds. The van der Waals surface area contributed by atoms with E-state index in [1.54, 1.807) is 0 Å². The number of benzene rings is 1. The predicted molar refractivity (Wildman–Crippen MR) is 85.0 cm³/mol. The first kappa shape index (κ1) is 15.5. The molecule has 22 heavy (non-hydrogen) atoms. The molecule has 3 N–H and O–H groups in total. The molecule has 0 bridgehead atoms. The third kappa shape index (κ3) is 2.34. The van der Waals surface area contributed by atoms with E-state index in [0.29, 0.717) is 19.3 Å². The summed E-state index contributed by atoms with van der Waals surface area (Å²) in [4.78, 5) is 12.6. The Labute approximate surface area is 131 Å². The summed E-state index contributed by atoms with van der Waals surface area (Å²) in [7, 11) is -3.44. The Morgan fingerprint density at radius 1 is 1.27 bits per heavy atom. The fourth-order valence-electron chi connectivity index (χ4n) is 3.03. The van der Waals surface area contributed by atoms with Gasteiger partial charge in [0.15, 0.2) is 9.84 Å². The highest BCUT2D eigenvalue weighted by atomic mass is 32.2. The van der Waals surface area contributed by atoms with Crippen LogP contribution in [0.3, 0.4) is 0 Å². The highest BCUT2D eigenvalue weighted by Crippen LogP contribution is 2.37. The normalized spacial score (nSPS) is 24.9. The van der Waals surface area contributed by atoms with Gasteiger partial charge in [0.1, 0.15) is 4.75 Å². The van der Waals surface area contributed by atoms with Gasteiger partial charge in [-0.1, -0.05) is 24.3 Å². The van der Waals surface area contributed by atoms with Crippen LogP contribution in [0.2, 0.25) is 0 Å². The third-order valence-corrected chi connectivity index (χ3v) is 7.78. The van der Waals surface area contributed by atoms with Gasteiger partial charge in [-0.3, -0.25) is 4.79 Å². The minimum Gasteiger partial charge on any atom is -0.350 e. The van der Waals surface area contributed by atoms with E-state index in [0.717, 1.165) is 11.1 Å². The lowest BCUT2D eigenvalue weighted by molar-refractivity contribution is -0.123. The summed E-state index contributed by atoms with van der Waals surface area (Å²) in [5, 5.41) is 2.50. The molecule has 1 aromatic rings. The molecule has 0 saturated heterocycles. The van der Waals surface area contributed by atoms with Crippen LogP contribution >= 0.6 is 0 Å². The zero-order valence-corrected chi connectivity index (χ0v) is 13.7. The number of nitrogens with two attached hydrogens (primary N) is 1. The maximum atomic E-state index is 12.6. The Hall–Kier alpha value is -1.40. The predicted octanol–water partition coefficient (Wildman–Crippen LogP) is 1.08. The summed E-state index contributed by atoms with van der Waals surface area (Å²) >= 11 is 0. The van der Waals surface area contributed by atoms with Crippen molar-refractivity contribution < 1.29 is 13.2 Å². The van der Waals surface area contributed by atoms with Crippen LogP contribution in [0.25, 0.3) is 0 Å². The van der Waals surface area contributed by atoms with Gasteiger partial charge in [0.05, 0.1) is 17.3 Å². The number of carbonyl (C=O) groups excluding carboxylic acids is 1. The second-order valence-electron chi connectivity index (χ2n) is 6.76. The molecule has 0 aromatic heterocycles. The lowest BCUT2D eigenvalue weighted by Crippen LogP contribution is -2.53. The van der Waals surface area contributed by atoms with Crippen LogP contribution in [0.5, 0.6) is 0 Å². The van der Waals surface area contributed by atoms with Crippen molar-refractivity contribution >= 4 is 15.7 Å². The van der Waals surface area contributed by atoms with E-state index in [-0.39, 0.29) is 17.3 Å². The van der Waals surface area contributed by atoms with Gasteiger partial charge in [0, 0.05) is 0 Å². The highest BCUT2D eigenvalue weighted by molar-refractivity contribution is 7.94. The molecule has 0 spiro atoms. The van der Waals surface area contributed by atoms with Gasteiger partial charge in [-0.25, -0.2) is 8.42 Å². The van der Waals surface area contributed by atoms with Gasteiger partial charge in [0.25, 0.3) is 0 Å². The van der Waals surface area contributed by atoms with E-state index < -0.39 is 20.5 Å². The van der Waals surface area contributed by atoms with E-state index in [2.05, 4.69) is 5.32 Å². The second kappa shape index (κ2) is 5.06. The third-order valence-electron chi connectivity index (χ3n) is 4.83. The fraction of sp³-hybridized carbons (Fsp3) is 0.562. The average molecular weight is 322 g/mol. The molecular weight excluding hydrogens is 300 g/mol. The molecule has 0 radical (unpaired) electrons. The lowest BCUT2D eigenvalue weighted by Gasteiger charge is -2.27. The maximum absolute atomic E-state index is 12.6. The summed E-state index contributed by atoms with van der Waals surface area (Å²) in [5.41, 5.74) is 8.34. The van der Waals surface area contributed by atoms with Crippen LogP contribution < -0.4 is 11.1 Å². The van der Waals surface area contributed by atoms with Crippen molar-refractivity contribution in [1.82, 2.24) is 5.32 Å². The first-order chi connectivity index (χ1) is 10.2. The zero-order valence-electron chi connectivity index (χ0n) is 12.9. The van der Waals surface area contributed by atoms with Crippen molar-refractivity contribution in [3.8, 4) is 0 Å². The molecule has 120 valence electrons. The lowest BCUT2D eigenvalue weighted by atomic mass is 10.1. The summed E-state index contributed by atoms with van der Waals surface area (Å²) in [6.45, 7) is 2.98. The van der Waals surface area contributed by atoms with Gasteiger partial charge in [0.2, 0.25) is 5.91 Å². The molecule has 3 rings (SSSR count). The standard InChI is InChI=1S/C16H22N2O3S/c1-16(2,22(20,21)11-7-8-11)15(19)18-13-9-10-5-3-4-6-12(10)14(13)17/h3-6,11,13-14H,7-9,17H2,1-2H3,(H,18,19)/t13-,14-/m1/s1. The Morgan fingerprint density at radius 2 is 1.91 bits per heavy atom. The first-order valence-corrected chi connectivity index (χ1v) is 9.17. The van der Waals surface area contributed by atoms with Gasteiger partial charge in [-0.15, -0.1) is 0 Å².